The van der Waals surface area contributed by atoms with Crippen LogP contribution < -0.4 is 10.8 Å². The summed E-state index contributed by atoms with van der Waals surface area (Å²) in [6.45, 7) is 0. The number of nitrogens with two attached hydrogens (primary N) is 1. The molecule has 0 aliphatic rings. The van der Waals surface area contributed by atoms with Gasteiger partial charge < -0.3 is 10.8 Å². The number of carbonyl (C=O) groups is 2. The van der Waals surface area contributed by atoms with Crippen LogP contribution in [0.15, 0.2) is 0 Å². The Kier molecular flexibility index (Phi) is 2.30. The molecule has 0 bridgehead atoms. The summed E-state index contributed by atoms with van der Waals surface area (Å²) in [6, 6.07) is 0. The first-order valence-electron chi connectivity index (χ1n) is 1.49. The number of primary amides is 1. The lowest BCUT2D eigenvalue weighted by molar-refractivity contribution is -0.136. The Morgan fingerprint density at radius 2 is 2.00 bits per heavy atom. The van der Waals surface area contributed by atoms with E-state index in [2.05, 4.69) is 5.73 Å². The van der Waals surface area contributed by atoms with E-state index < -0.39 is 11.8 Å². The minimum atomic E-state index is -0.977. The van der Waals surface area contributed by atoms with Gasteiger partial charge in [-0.05, 0) is 9.39 Å². The maximum absolute atomic E-state index is 9.91. The van der Waals surface area contributed by atoms with Crippen LogP contribution in [0.5, 0.6) is 0 Å². The fourth-order valence-corrected chi connectivity index (χ4v) is 0.213. The molecule has 0 aliphatic heterocycles. The fraction of sp³-hybridized carbons (Fsp3) is 0. The van der Waals surface area contributed by atoms with Crippen molar-refractivity contribution in [3.8, 4) is 0 Å². The van der Waals surface area contributed by atoms with Crippen molar-refractivity contribution < 1.29 is 9.59 Å². The van der Waals surface area contributed by atoms with Gasteiger partial charge in [-0.1, -0.05) is 0 Å². The number of carbonyl (C=O) groups excluding carboxylic acids is 2. The van der Waals surface area contributed by atoms with Gasteiger partial charge in [-0.25, -0.2) is 0 Å². The molecule has 0 fully saturated rings. The van der Waals surface area contributed by atoms with E-state index in [1.54, 1.807) is 0 Å². The zero-order valence-corrected chi connectivity index (χ0v) is 4.63. The van der Waals surface area contributed by atoms with Gasteiger partial charge in [-0.15, -0.1) is 0 Å². The number of rotatable bonds is 0. The van der Waals surface area contributed by atoms with Gasteiger partial charge in [-0.3, -0.25) is 9.59 Å². The first kappa shape index (κ1) is 6.37. The third-order valence-corrected chi connectivity index (χ3v) is 0.617. The Labute approximate surface area is 42.7 Å². The molecule has 0 saturated heterocycles. The zero-order chi connectivity index (χ0) is 5.86. The van der Waals surface area contributed by atoms with Crippen molar-refractivity contribution in [2.24, 2.45) is 5.73 Å². The first-order chi connectivity index (χ1) is 3.18. The van der Waals surface area contributed by atoms with Gasteiger partial charge in [0.1, 0.15) is 0 Å². The number of nitrogens with one attached hydrogen (secondary N) is 1. The molecule has 4 nitrogen and oxygen atoms in total. The quantitative estimate of drug-likeness (QED) is 0.298. The van der Waals surface area contributed by atoms with Gasteiger partial charge in [0.05, 0.1) is 0 Å². The summed E-state index contributed by atoms with van der Waals surface area (Å²) in [6.07, 6.45) is 0. The molecule has 3 N–H and O–H groups in total. The summed E-state index contributed by atoms with van der Waals surface area (Å²) >= 11 is 0. The summed E-state index contributed by atoms with van der Waals surface area (Å²) in [5.74, 6) is -1.78. The molecule has 0 aliphatic carbocycles. The molecule has 1 atom stereocenters. The summed E-state index contributed by atoms with van der Waals surface area (Å²) in [5.41, 5.74) is 4.48. The summed E-state index contributed by atoms with van der Waals surface area (Å²) in [5, 5.41) is 1.97. The van der Waals surface area contributed by atoms with Gasteiger partial charge in [0.25, 0.3) is 0 Å². The Balaban J connectivity index is 3.58. The van der Waals surface area contributed by atoms with Crippen LogP contribution in [0.4, 0.5) is 0 Å². The summed E-state index contributed by atoms with van der Waals surface area (Å²) < 4.78 is 0. The van der Waals surface area contributed by atoms with Crippen molar-refractivity contribution in [2.75, 3.05) is 0 Å². The molecule has 5 heteroatoms. The average molecular weight is 120 g/mol. The predicted octanol–water partition coefficient (Wildman–Crippen LogP) is -1.62. The largest absolute Gasteiger partial charge is 0.361 e. The third kappa shape index (κ3) is 2.11. The molecular formula is C2H5N2O2P. The normalized spacial score (nSPS) is 7.57. The highest BCUT2D eigenvalue weighted by molar-refractivity contribution is 7.15. The SMILES string of the molecule is NC(=O)C(=O)NP. The van der Waals surface area contributed by atoms with E-state index in [-0.39, 0.29) is 0 Å². The summed E-state index contributed by atoms with van der Waals surface area (Å²) in [4.78, 5) is 19.6. The molecule has 7 heavy (non-hydrogen) atoms. The van der Waals surface area contributed by atoms with Crippen molar-refractivity contribution in [1.29, 1.82) is 0 Å². The monoisotopic (exact) mass is 120 g/mol. The van der Waals surface area contributed by atoms with Crippen LogP contribution in [0, 0.1) is 0 Å². The molecule has 0 radical (unpaired) electrons. The van der Waals surface area contributed by atoms with Crippen molar-refractivity contribution in [3.63, 3.8) is 0 Å². The van der Waals surface area contributed by atoms with Crippen molar-refractivity contribution in [2.45, 2.75) is 0 Å². The van der Waals surface area contributed by atoms with E-state index in [1.165, 1.54) is 0 Å². The number of hydrogen-bond donors (Lipinski definition) is 2. The first-order valence-corrected chi connectivity index (χ1v) is 2.06. The van der Waals surface area contributed by atoms with E-state index >= 15 is 0 Å². The summed E-state index contributed by atoms with van der Waals surface area (Å²) in [7, 11) is 1.86. The van der Waals surface area contributed by atoms with Crippen molar-refractivity contribution in [3.05, 3.63) is 0 Å². The van der Waals surface area contributed by atoms with Gasteiger partial charge >= 0.3 is 11.8 Å². The van der Waals surface area contributed by atoms with E-state index in [0.717, 1.165) is 0 Å². The van der Waals surface area contributed by atoms with Crippen molar-refractivity contribution in [1.82, 2.24) is 5.09 Å². The van der Waals surface area contributed by atoms with Gasteiger partial charge in [-0.2, -0.15) is 0 Å². The van der Waals surface area contributed by atoms with E-state index in [0.29, 0.717) is 0 Å². The second kappa shape index (κ2) is 2.53. The standard InChI is InChI=1S/C2H5N2O2P/c3-1(5)2(6)4-7/h7H2,(H2,3,5)(H,4,6). The minimum absolute atomic E-state index is 0.801. The molecule has 0 aromatic heterocycles. The zero-order valence-electron chi connectivity index (χ0n) is 3.47. The highest BCUT2D eigenvalue weighted by Crippen LogP contribution is 1.66. The van der Waals surface area contributed by atoms with Gasteiger partial charge in [0.2, 0.25) is 0 Å². The minimum Gasteiger partial charge on any atom is -0.361 e. The molecule has 0 heterocycles. The highest BCUT2D eigenvalue weighted by atomic mass is 31.0. The van der Waals surface area contributed by atoms with Crippen molar-refractivity contribution >= 4 is 21.2 Å². The van der Waals surface area contributed by atoms with E-state index in [4.69, 9.17) is 0 Å². The van der Waals surface area contributed by atoms with Crippen LogP contribution >= 0.6 is 9.39 Å². The molecule has 0 aromatic rings. The third-order valence-electron chi connectivity index (χ3n) is 0.355. The molecule has 0 aromatic carbocycles. The lowest BCUT2D eigenvalue weighted by Gasteiger charge is -1.86. The Bertz CT molecular complexity index is 102. The van der Waals surface area contributed by atoms with Crippen LogP contribution in [0.3, 0.4) is 0 Å². The van der Waals surface area contributed by atoms with Crippen LogP contribution in [0.1, 0.15) is 0 Å². The predicted molar refractivity (Wildman–Crippen MR) is 27.0 cm³/mol. The smallest absolute Gasteiger partial charge is 0.311 e. The van der Waals surface area contributed by atoms with Gasteiger partial charge in [0, 0.05) is 0 Å². The molecule has 2 amide bonds. The molecule has 40 valence electrons. The highest BCUT2D eigenvalue weighted by Gasteiger charge is 2.01. The van der Waals surface area contributed by atoms with Crippen LogP contribution in [0.25, 0.3) is 0 Å². The maximum atomic E-state index is 9.91. The van der Waals surface area contributed by atoms with Gasteiger partial charge in [0.15, 0.2) is 0 Å². The fourth-order valence-electron chi connectivity index (χ4n) is 0.0711. The Morgan fingerprint density at radius 1 is 1.57 bits per heavy atom. The van der Waals surface area contributed by atoms with E-state index in [1.807, 2.05) is 14.5 Å². The second-order valence-corrected chi connectivity index (χ2v) is 1.13. The Morgan fingerprint density at radius 3 is 2.00 bits per heavy atom. The lowest BCUT2D eigenvalue weighted by Crippen LogP contribution is -2.30. The number of hydrogen-bond acceptors (Lipinski definition) is 2. The average Bonchev–Trinajstić information content (AvgIpc) is 1.65. The van der Waals surface area contributed by atoms with Crippen LogP contribution in [-0.2, 0) is 9.59 Å². The Hall–Kier alpha value is -0.630. The molecule has 1 unspecified atom stereocenters. The molecular weight excluding hydrogens is 115 g/mol. The molecule has 0 saturated carbocycles. The second-order valence-electron chi connectivity index (χ2n) is 0.838. The van der Waals surface area contributed by atoms with E-state index in [9.17, 15) is 9.59 Å². The number of amides is 2. The lowest BCUT2D eigenvalue weighted by atomic mass is 10.6. The molecule has 0 rings (SSSR count). The van der Waals surface area contributed by atoms with Crippen LogP contribution in [0.2, 0.25) is 0 Å². The maximum Gasteiger partial charge on any atom is 0.311 e. The van der Waals surface area contributed by atoms with Crippen LogP contribution in [-0.4, -0.2) is 11.8 Å². The molecule has 0 spiro atoms. The topological polar surface area (TPSA) is 72.2 Å².